The molecule has 70 valence electrons. The second-order valence-electron chi connectivity index (χ2n) is 3.00. The van der Waals surface area contributed by atoms with Crippen molar-refractivity contribution < 1.29 is 14.3 Å². The summed E-state index contributed by atoms with van der Waals surface area (Å²) in [6, 6.07) is 0. The van der Waals surface area contributed by atoms with E-state index < -0.39 is 0 Å². The molecule has 0 aromatic heterocycles. The molecule has 1 amide bonds. The van der Waals surface area contributed by atoms with Crippen LogP contribution in [0.25, 0.3) is 0 Å². The lowest BCUT2D eigenvalue weighted by Gasteiger charge is -2.17. The summed E-state index contributed by atoms with van der Waals surface area (Å²) in [4.78, 5) is 23.2. The highest BCUT2D eigenvalue weighted by molar-refractivity contribution is 5.94. The summed E-state index contributed by atoms with van der Waals surface area (Å²) in [6.45, 7) is 1.32. The molecule has 0 unspecified atom stereocenters. The number of carbonyl (C=O) groups excluding carboxylic acids is 2. The van der Waals surface area contributed by atoms with Gasteiger partial charge in [0.1, 0.15) is 0 Å². The largest absolute Gasteiger partial charge is 0.422 e. The molecule has 0 aliphatic heterocycles. The number of rotatable bonds is 2. The number of esters is 1. The van der Waals surface area contributed by atoms with Crippen LogP contribution in [0.2, 0.25) is 0 Å². The maximum Gasteiger partial charge on any atom is 0.308 e. The average molecular weight is 181 g/mol. The van der Waals surface area contributed by atoms with E-state index >= 15 is 0 Å². The number of nitrogens with zero attached hydrogens (tertiary/aromatic N) is 1. The van der Waals surface area contributed by atoms with Gasteiger partial charge >= 0.3 is 5.97 Å². The first-order valence-corrected chi connectivity index (χ1v) is 3.89. The van der Waals surface area contributed by atoms with E-state index in [1.54, 1.807) is 14.1 Å². The molecule has 1 aliphatic rings. The summed E-state index contributed by atoms with van der Waals surface area (Å²) >= 11 is 0. The number of amides is 1. The Morgan fingerprint density at radius 2 is 2.00 bits per heavy atom. The molecule has 1 rings (SSSR count). The Morgan fingerprint density at radius 1 is 1.46 bits per heavy atom. The van der Waals surface area contributed by atoms with E-state index in [4.69, 9.17) is 4.74 Å². The van der Waals surface area contributed by atoms with Crippen molar-refractivity contribution >= 4 is 11.9 Å². The molecule has 1 aliphatic carbocycles. The molecule has 0 N–H and O–H groups in total. The van der Waals surface area contributed by atoms with Gasteiger partial charge in [-0.1, -0.05) is 5.73 Å². The van der Waals surface area contributed by atoms with Crippen LogP contribution in [0.1, 0.15) is 13.3 Å². The molecule has 0 heterocycles. The monoisotopic (exact) mass is 181 g/mol. The minimum atomic E-state index is -0.376. The summed E-state index contributed by atoms with van der Waals surface area (Å²) in [5.41, 5.74) is 3.25. The molecule has 13 heavy (non-hydrogen) atoms. The predicted molar refractivity (Wildman–Crippen MR) is 45.6 cm³/mol. The van der Waals surface area contributed by atoms with E-state index in [1.807, 2.05) is 0 Å². The zero-order valence-electron chi connectivity index (χ0n) is 7.88. The second-order valence-corrected chi connectivity index (χ2v) is 3.00. The Kier molecular flexibility index (Phi) is 2.54. The third-order valence-electron chi connectivity index (χ3n) is 1.56. The summed E-state index contributed by atoms with van der Waals surface area (Å²) in [5, 5.41) is 0. The molecule has 4 heteroatoms. The van der Waals surface area contributed by atoms with Crippen molar-refractivity contribution in [3.8, 4) is 0 Å². The van der Waals surface area contributed by atoms with Crippen LogP contribution >= 0.6 is 0 Å². The van der Waals surface area contributed by atoms with Gasteiger partial charge in [0.05, 0.1) is 12.0 Å². The molecular weight excluding hydrogens is 170 g/mol. The van der Waals surface area contributed by atoms with Gasteiger partial charge in [0.2, 0.25) is 0 Å². The molecule has 4 nitrogen and oxygen atoms in total. The summed E-state index contributed by atoms with van der Waals surface area (Å²) in [6.07, 6.45) is 0.399. The maximum absolute atomic E-state index is 11.2. The molecule has 0 aromatic carbocycles. The molecule has 0 fully saturated rings. The van der Waals surface area contributed by atoms with Crippen molar-refractivity contribution in [3.63, 3.8) is 0 Å². The lowest BCUT2D eigenvalue weighted by Crippen LogP contribution is -2.25. The summed E-state index contributed by atoms with van der Waals surface area (Å²) in [7, 11) is 3.33. The smallest absolute Gasteiger partial charge is 0.308 e. The first-order valence-electron chi connectivity index (χ1n) is 3.89. The van der Waals surface area contributed by atoms with Crippen LogP contribution in [0.4, 0.5) is 0 Å². The normalized spacial score (nSPS) is 13.8. The van der Waals surface area contributed by atoms with Gasteiger partial charge in [0, 0.05) is 21.0 Å². The first-order chi connectivity index (χ1) is 6.00. The molecule has 0 saturated carbocycles. The quantitative estimate of drug-likeness (QED) is 0.459. The van der Waals surface area contributed by atoms with Crippen LogP contribution in [0.3, 0.4) is 0 Å². The minimum absolute atomic E-state index is 0.0871. The number of ether oxygens (including phenoxy) is 1. The molecule has 0 atom stereocenters. The van der Waals surface area contributed by atoms with Crippen molar-refractivity contribution in [2.24, 2.45) is 0 Å². The third-order valence-corrected chi connectivity index (χ3v) is 1.56. The molecule has 0 saturated heterocycles. The standard InChI is InChI=1S/C9H11NO3/c1-6(11)13-8-4-7(5-8)9(12)10(2)3/h4H2,1-3H3. The molecule has 0 spiro atoms. The van der Waals surface area contributed by atoms with E-state index in [0.717, 1.165) is 0 Å². The molecule has 0 aromatic rings. The van der Waals surface area contributed by atoms with Crippen LogP contribution in [0.15, 0.2) is 17.1 Å². The van der Waals surface area contributed by atoms with E-state index in [0.29, 0.717) is 17.8 Å². The fourth-order valence-corrected chi connectivity index (χ4v) is 0.945. The molecule has 0 radical (unpaired) electrons. The van der Waals surface area contributed by atoms with Gasteiger partial charge in [-0.2, -0.15) is 0 Å². The molecule has 0 bridgehead atoms. The Bertz CT molecular complexity index is 322. The van der Waals surface area contributed by atoms with Crippen LogP contribution < -0.4 is 0 Å². The number of carbonyl (C=O) groups is 2. The van der Waals surface area contributed by atoms with Crippen LogP contribution in [0.5, 0.6) is 0 Å². The van der Waals surface area contributed by atoms with E-state index in [1.165, 1.54) is 11.8 Å². The van der Waals surface area contributed by atoms with Gasteiger partial charge in [0.25, 0.3) is 5.91 Å². The highest BCUT2D eigenvalue weighted by Gasteiger charge is 2.21. The number of hydrogen-bond donors (Lipinski definition) is 0. The fraction of sp³-hybridized carbons (Fsp3) is 0.444. The topological polar surface area (TPSA) is 46.6 Å². The summed E-state index contributed by atoms with van der Waals surface area (Å²) in [5.74, 6) is -0.0209. The van der Waals surface area contributed by atoms with E-state index in [2.05, 4.69) is 5.73 Å². The zero-order valence-corrected chi connectivity index (χ0v) is 7.88. The Balaban J connectivity index is 2.65. The van der Waals surface area contributed by atoms with Crippen molar-refractivity contribution in [2.45, 2.75) is 13.3 Å². The zero-order chi connectivity index (χ0) is 10.0. The molecular formula is C9H11NO3. The first kappa shape index (κ1) is 9.55. The number of hydrogen-bond acceptors (Lipinski definition) is 3. The van der Waals surface area contributed by atoms with Gasteiger partial charge in [0.15, 0.2) is 5.76 Å². The maximum atomic E-state index is 11.2. The van der Waals surface area contributed by atoms with Crippen LogP contribution in [-0.2, 0) is 14.3 Å². The lowest BCUT2D eigenvalue weighted by molar-refractivity contribution is -0.137. The van der Waals surface area contributed by atoms with E-state index in [-0.39, 0.29) is 11.9 Å². The van der Waals surface area contributed by atoms with Gasteiger partial charge < -0.3 is 9.64 Å². The Morgan fingerprint density at radius 3 is 2.38 bits per heavy atom. The SMILES string of the molecule is CC(=O)OC1=C=C(C(=O)N(C)C)C1. The highest BCUT2D eigenvalue weighted by atomic mass is 16.5. The van der Waals surface area contributed by atoms with Crippen LogP contribution in [0, 0.1) is 0 Å². The summed E-state index contributed by atoms with van der Waals surface area (Å²) < 4.78 is 4.72. The van der Waals surface area contributed by atoms with Crippen LogP contribution in [-0.4, -0.2) is 30.9 Å². The minimum Gasteiger partial charge on any atom is -0.422 e. The van der Waals surface area contributed by atoms with E-state index in [9.17, 15) is 9.59 Å². The Hall–Kier alpha value is -1.54. The van der Waals surface area contributed by atoms with Gasteiger partial charge in [-0.05, 0) is 0 Å². The van der Waals surface area contributed by atoms with Gasteiger partial charge in [-0.3, -0.25) is 9.59 Å². The van der Waals surface area contributed by atoms with Crippen molar-refractivity contribution in [3.05, 3.63) is 17.1 Å². The van der Waals surface area contributed by atoms with Crippen molar-refractivity contribution in [2.75, 3.05) is 14.1 Å². The predicted octanol–water partition coefficient (Wildman–Crippen LogP) is 0.451. The second kappa shape index (κ2) is 3.46. The highest BCUT2D eigenvalue weighted by Crippen LogP contribution is 2.21. The van der Waals surface area contributed by atoms with Crippen molar-refractivity contribution in [1.82, 2.24) is 4.90 Å². The van der Waals surface area contributed by atoms with Crippen molar-refractivity contribution in [1.29, 1.82) is 0 Å². The third kappa shape index (κ3) is 2.20. The van der Waals surface area contributed by atoms with Gasteiger partial charge in [-0.25, -0.2) is 0 Å². The van der Waals surface area contributed by atoms with Gasteiger partial charge in [-0.15, -0.1) is 0 Å². The number of likely N-dealkylation sites (N-methyl/N-ethyl adjacent to an activating group) is 1. The Labute approximate surface area is 76.5 Å². The fourth-order valence-electron chi connectivity index (χ4n) is 0.945. The lowest BCUT2D eigenvalue weighted by atomic mass is 10.0. The average Bonchev–Trinajstić information content (AvgIpc) is 1.94.